The number of nitrogens with two attached hydrogens (primary N) is 1. The summed E-state index contributed by atoms with van der Waals surface area (Å²) >= 11 is 6.40. The van der Waals surface area contributed by atoms with Crippen LogP contribution in [0.1, 0.15) is 12.8 Å². The first-order chi connectivity index (χ1) is 19.0. The van der Waals surface area contributed by atoms with Crippen molar-refractivity contribution in [3.05, 3.63) is 53.9 Å². The maximum atomic E-state index is 6.40. The second-order valence-electron chi connectivity index (χ2n) is 9.98. The number of ether oxygens (including phenoxy) is 2. The largest absolute Gasteiger partial charge is 0.496 e. The number of imidazole rings is 1. The molecule has 2 N–H and O–H groups in total. The fraction of sp³-hybridized carbons (Fsp3) is 0.393. The van der Waals surface area contributed by atoms with Crippen LogP contribution in [0.2, 0.25) is 5.02 Å². The molecule has 39 heavy (non-hydrogen) atoms. The number of aromatic nitrogens is 4. The lowest BCUT2D eigenvalue weighted by atomic mass is 10.1. The standard InChI is InChI=1S/C28H33ClN8O2/c1-38-24-17-25(39-2)22(29)16-21(24)23-18-37-10-6-20(15-27(37)32-23)34-11-13-35(14-12-34)26-3-7-31-28(33-26)36-8-4-19(30)5-9-36/h3,6-7,10,15-19H,4-5,8-9,11-14,30H2,1-2H3. The van der Waals surface area contributed by atoms with Gasteiger partial charge in [0.15, 0.2) is 0 Å². The van der Waals surface area contributed by atoms with E-state index in [1.54, 1.807) is 20.3 Å². The fourth-order valence-electron chi connectivity index (χ4n) is 5.32. The Morgan fingerprint density at radius 2 is 1.62 bits per heavy atom. The van der Waals surface area contributed by atoms with Crippen molar-refractivity contribution in [1.82, 2.24) is 19.4 Å². The van der Waals surface area contributed by atoms with E-state index in [4.69, 9.17) is 36.8 Å². The average molecular weight is 549 g/mol. The molecule has 4 aromatic rings. The predicted molar refractivity (Wildman–Crippen MR) is 155 cm³/mol. The van der Waals surface area contributed by atoms with E-state index in [0.29, 0.717) is 16.5 Å². The Kier molecular flexibility index (Phi) is 7.05. The van der Waals surface area contributed by atoms with Gasteiger partial charge in [0, 0.05) is 87.3 Å². The molecule has 0 bridgehead atoms. The van der Waals surface area contributed by atoms with Crippen molar-refractivity contribution in [1.29, 1.82) is 0 Å². The Bertz CT molecular complexity index is 1460. The highest BCUT2D eigenvalue weighted by molar-refractivity contribution is 6.32. The van der Waals surface area contributed by atoms with Gasteiger partial charge in [-0.2, -0.15) is 4.98 Å². The molecule has 2 saturated heterocycles. The lowest BCUT2D eigenvalue weighted by Crippen LogP contribution is -2.47. The molecule has 204 valence electrons. The molecule has 0 aliphatic carbocycles. The van der Waals surface area contributed by atoms with Crippen LogP contribution in [-0.4, -0.2) is 78.9 Å². The normalized spacial score (nSPS) is 16.7. The van der Waals surface area contributed by atoms with Gasteiger partial charge in [-0.1, -0.05) is 11.6 Å². The molecule has 0 spiro atoms. The van der Waals surface area contributed by atoms with Gasteiger partial charge in [-0.25, -0.2) is 9.97 Å². The number of hydrogen-bond acceptors (Lipinski definition) is 9. The summed E-state index contributed by atoms with van der Waals surface area (Å²) in [5, 5.41) is 0.514. The third-order valence-electron chi connectivity index (χ3n) is 7.61. The number of nitrogens with zero attached hydrogens (tertiary/aromatic N) is 7. The SMILES string of the molecule is COc1cc(OC)c(-c2cn3ccc(N4CCN(c5ccnc(N6CCC(N)CC6)n5)CC4)cc3n2)cc1Cl. The Morgan fingerprint density at radius 1 is 0.872 bits per heavy atom. The number of fused-ring (bicyclic) bond motifs is 1. The summed E-state index contributed by atoms with van der Waals surface area (Å²) in [6, 6.07) is 10.2. The Labute approximate surface area is 232 Å². The van der Waals surface area contributed by atoms with E-state index in [2.05, 4.69) is 31.8 Å². The van der Waals surface area contributed by atoms with E-state index >= 15 is 0 Å². The molecule has 0 saturated carbocycles. The number of pyridine rings is 1. The summed E-state index contributed by atoms with van der Waals surface area (Å²) in [5.41, 5.74) is 9.68. The minimum absolute atomic E-state index is 0.286. The van der Waals surface area contributed by atoms with Crippen molar-refractivity contribution >= 4 is 34.7 Å². The lowest BCUT2D eigenvalue weighted by molar-refractivity contribution is 0.395. The smallest absolute Gasteiger partial charge is 0.227 e. The van der Waals surface area contributed by atoms with Crippen LogP contribution in [0.15, 0.2) is 48.9 Å². The van der Waals surface area contributed by atoms with Gasteiger partial charge in [0.1, 0.15) is 23.0 Å². The number of benzene rings is 1. The highest BCUT2D eigenvalue weighted by atomic mass is 35.5. The number of piperazine rings is 1. The molecular formula is C28H33ClN8O2. The van der Waals surface area contributed by atoms with Crippen molar-refractivity contribution in [3.8, 4) is 22.8 Å². The van der Waals surface area contributed by atoms with E-state index in [1.807, 2.05) is 35.1 Å². The van der Waals surface area contributed by atoms with Crippen LogP contribution in [0, 0.1) is 0 Å². The number of methoxy groups -OCH3 is 2. The highest BCUT2D eigenvalue weighted by Gasteiger charge is 2.22. The van der Waals surface area contributed by atoms with Gasteiger partial charge >= 0.3 is 0 Å². The second-order valence-corrected chi connectivity index (χ2v) is 10.4. The number of halogens is 1. The topological polar surface area (TPSA) is 97.3 Å². The third kappa shape index (κ3) is 5.14. The van der Waals surface area contributed by atoms with Gasteiger partial charge in [0.05, 0.1) is 24.9 Å². The maximum absolute atomic E-state index is 6.40. The summed E-state index contributed by atoms with van der Waals surface area (Å²) in [5.74, 6) is 3.01. The molecule has 5 heterocycles. The van der Waals surface area contributed by atoms with Gasteiger partial charge in [-0.15, -0.1) is 0 Å². The van der Waals surface area contributed by atoms with Crippen LogP contribution in [0.3, 0.4) is 0 Å². The van der Waals surface area contributed by atoms with Crippen LogP contribution in [0.5, 0.6) is 11.5 Å². The first-order valence-corrected chi connectivity index (χ1v) is 13.6. The first kappa shape index (κ1) is 25.5. The van der Waals surface area contributed by atoms with Crippen LogP contribution >= 0.6 is 11.6 Å². The summed E-state index contributed by atoms with van der Waals surface area (Å²) in [6.07, 6.45) is 7.87. The van der Waals surface area contributed by atoms with E-state index in [1.165, 1.54) is 0 Å². The summed E-state index contributed by atoms with van der Waals surface area (Å²) in [7, 11) is 3.22. The zero-order chi connectivity index (χ0) is 26.9. The molecule has 0 unspecified atom stereocenters. The fourth-order valence-corrected chi connectivity index (χ4v) is 5.56. The maximum Gasteiger partial charge on any atom is 0.227 e. The average Bonchev–Trinajstić information content (AvgIpc) is 3.41. The van der Waals surface area contributed by atoms with Crippen molar-refractivity contribution in [2.24, 2.45) is 5.73 Å². The minimum atomic E-state index is 0.286. The molecule has 2 aliphatic heterocycles. The van der Waals surface area contributed by atoms with E-state index in [9.17, 15) is 0 Å². The molecule has 6 rings (SSSR count). The van der Waals surface area contributed by atoms with Gasteiger partial charge in [0.2, 0.25) is 5.95 Å². The summed E-state index contributed by atoms with van der Waals surface area (Å²) in [4.78, 5) is 21.3. The van der Waals surface area contributed by atoms with Crippen molar-refractivity contribution in [3.63, 3.8) is 0 Å². The quantitative estimate of drug-likeness (QED) is 0.386. The second kappa shape index (κ2) is 10.8. The minimum Gasteiger partial charge on any atom is -0.496 e. The van der Waals surface area contributed by atoms with E-state index in [0.717, 1.165) is 86.5 Å². The molecule has 1 aromatic carbocycles. The first-order valence-electron chi connectivity index (χ1n) is 13.3. The van der Waals surface area contributed by atoms with Crippen LogP contribution < -0.4 is 29.9 Å². The van der Waals surface area contributed by atoms with Crippen molar-refractivity contribution in [2.45, 2.75) is 18.9 Å². The molecule has 2 aliphatic rings. The highest BCUT2D eigenvalue weighted by Crippen LogP contribution is 2.38. The van der Waals surface area contributed by atoms with E-state index in [-0.39, 0.29) is 6.04 Å². The molecule has 0 atom stereocenters. The molecule has 0 radical (unpaired) electrons. The molecule has 11 heteroatoms. The molecule has 3 aromatic heterocycles. The Morgan fingerprint density at radius 3 is 2.36 bits per heavy atom. The lowest BCUT2D eigenvalue weighted by Gasteiger charge is -2.37. The van der Waals surface area contributed by atoms with Crippen molar-refractivity contribution in [2.75, 3.05) is 68.2 Å². The van der Waals surface area contributed by atoms with Gasteiger partial charge in [0.25, 0.3) is 0 Å². The zero-order valence-corrected chi connectivity index (χ0v) is 23.0. The summed E-state index contributed by atoms with van der Waals surface area (Å²) < 4.78 is 12.9. The molecule has 10 nitrogen and oxygen atoms in total. The Hall–Kier alpha value is -3.76. The predicted octanol–water partition coefficient (Wildman–Crippen LogP) is 3.72. The van der Waals surface area contributed by atoms with Crippen molar-refractivity contribution < 1.29 is 9.47 Å². The number of hydrogen-bond donors (Lipinski definition) is 1. The summed E-state index contributed by atoms with van der Waals surface area (Å²) in [6.45, 7) is 5.37. The molecule has 2 fully saturated rings. The van der Waals surface area contributed by atoms with Gasteiger partial charge < -0.3 is 34.3 Å². The van der Waals surface area contributed by atoms with E-state index < -0.39 is 0 Å². The molecular weight excluding hydrogens is 516 g/mol. The van der Waals surface area contributed by atoms with Crippen LogP contribution in [-0.2, 0) is 0 Å². The number of piperidine rings is 1. The number of anilines is 3. The Balaban J connectivity index is 1.16. The van der Waals surface area contributed by atoms with Crippen LogP contribution in [0.25, 0.3) is 16.9 Å². The molecule has 0 amide bonds. The monoisotopic (exact) mass is 548 g/mol. The van der Waals surface area contributed by atoms with Gasteiger partial charge in [-0.3, -0.25) is 0 Å². The third-order valence-corrected chi connectivity index (χ3v) is 7.91. The number of rotatable bonds is 6. The van der Waals surface area contributed by atoms with Gasteiger partial charge in [-0.05, 0) is 31.0 Å². The van der Waals surface area contributed by atoms with Crippen LogP contribution in [0.4, 0.5) is 17.5 Å². The zero-order valence-electron chi connectivity index (χ0n) is 22.3.